The molecule has 1 atom stereocenters. The van der Waals surface area contributed by atoms with Crippen molar-refractivity contribution in [2.75, 3.05) is 13.6 Å². The summed E-state index contributed by atoms with van der Waals surface area (Å²) in [6.45, 7) is 5.81. The molecule has 0 radical (unpaired) electrons. The van der Waals surface area contributed by atoms with Crippen molar-refractivity contribution in [3.63, 3.8) is 0 Å². The maximum Gasteiger partial charge on any atom is 0.242 e. The van der Waals surface area contributed by atoms with Crippen molar-refractivity contribution in [1.82, 2.24) is 10.2 Å². The first-order chi connectivity index (χ1) is 8.53. The molecular formula is C14H23ClN2OS. The van der Waals surface area contributed by atoms with E-state index in [1.165, 1.54) is 16.9 Å². The highest BCUT2D eigenvalue weighted by Crippen LogP contribution is 2.23. The molecule has 1 amide bonds. The summed E-state index contributed by atoms with van der Waals surface area (Å²) >= 11 is 1.73. The molecule has 2 heterocycles. The molecule has 3 nitrogen and oxygen atoms in total. The van der Waals surface area contributed by atoms with Gasteiger partial charge in [-0.25, -0.2) is 0 Å². The molecule has 1 aromatic rings. The van der Waals surface area contributed by atoms with Gasteiger partial charge >= 0.3 is 0 Å². The van der Waals surface area contributed by atoms with E-state index in [1.54, 1.807) is 11.3 Å². The van der Waals surface area contributed by atoms with Gasteiger partial charge in [0.2, 0.25) is 5.91 Å². The van der Waals surface area contributed by atoms with Gasteiger partial charge in [0.25, 0.3) is 0 Å². The molecule has 1 unspecified atom stereocenters. The van der Waals surface area contributed by atoms with Crippen LogP contribution in [-0.4, -0.2) is 29.9 Å². The van der Waals surface area contributed by atoms with E-state index in [0.29, 0.717) is 0 Å². The third kappa shape index (κ3) is 3.71. The summed E-state index contributed by atoms with van der Waals surface area (Å²) in [4.78, 5) is 15.7. The standard InChI is InChI=1S/C14H22N2OS.ClH/c1-11-6-9-18-12(11)10-16(3)13(17)14(2)7-4-5-8-15-14;/h6,9,15H,4-5,7-8,10H2,1-3H3;1H. The number of piperidine rings is 1. The molecule has 0 aromatic carbocycles. The first-order valence-corrected chi connectivity index (χ1v) is 7.44. The summed E-state index contributed by atoms with van der Waals surface area (Å²) in [6.07, 6.45) is 3.26. The lowest BCUT2D eigenvalue weighted by atomic mass is 9.89. The minimum Gasteiger partial charge on any atom is -0.339 e. The Hall–Kier alpha value is -0.580. The highest BCUT2D eigenvalue weighted by Gasteiger charge is 2.36. The second kappa shape index (κ2) is 6.73. The predicted molar refractivity (Wildman–Crippen MR) is 83.0 cm³/mol. The van der Waals surface area contributed by atoms with Crippen LogP contribution in [0.4, 0.5) is 0 Å². The highest BCUT2D eigenvalue weighted by molar-refractivity contribution is 7.10. The van der Waals surface area contributed by atoms with Gasteiger partial charge in [-0.3, -0.25) is 4.79 Å². The molecule has 1 aromatic heterocycles. The van der Waals surface area contributed by atoms with Crippen molar-refractivity contribution < 1.29 is 4.79 Å². The lowest BCUT2D eigenvalue weighted by Crippen LogP contribution is -2.57. The van der Waals surface area contributed by atoms with Crippen molar-refractivity contribution in [2.45, 2.75) is 45.2 Å². The van der Waals surface area contributed by atoms with E-state index < -0.39 is 0 Å². The Bertz CT molecular complexity index is 427. The SMILES string of the molecule is Cc1ccsc1CN(C)C(=O)C1(C)CCCCN1.Cl. The lowest BCUT2D eigenvalue weighted by molar-refractivity contribution is -0.137. The number of aryl methyl sites for hydroxylation is 1. The number of thiophene rings is 1. The van der Waals surface area contributed by atoms with E-state index in [0.717, 1.165) is 25.9 Å². The molecule has 0 spiro atoms. The normalized spacial score (nSPS) is 22.7. The third-order valence-electron chi connectivity index (χ3n) is 3.79. The van der Waals surface area contributed by atoms with Gasteiger partial charge in [-0.05, 0) is 56.7 Å². The van der Waals surface area contributed by atoms with Crippen LogP contribution in [0.3, 0.4) is 0 Å². The van der Waals surface area contributed by atoms with E-state index in [-0.39, 0.29) is 23.9 Å². The second-order valence-electron chi connectivity index (χ2n) is 5.40. The Labute approximate surface area is 125 Å². The molecule has 108 valence electrons. The quantitative estimate of drug-likeness (QED) is 0.931. The maximum absolute atomic E-state index is 12.5. The van der Waals surface area contributed by atoms with E-state index in [1.807, 2.05) is 18.9 Å². The molecule has 1 saturated heterocycles. The zero-order valence-electron chi connectivity index (χ0n) is 11.9. The van der Waals surface area contributed by atoms with Crippen molar-refractivity contribution in [3.8, 4) is 0 Å². The van der Waals surface area contributed by atoms with Crippen molar-refractivity contribution in [1.29, 1.82) is 0 Å². The smallest absolute Gasteiger partial charge is 0.242 e. The Morgan fingerprint density at radius 2 is 2.26 bits per heavy atom. The van der Waals surface area contributed by atoms with Gasteiger partial charge in [0.15, 0.2) is 0 Å². The van der Waals surface area contributed by atoms with Crippen LogP contribution < -0.4 is 5.32 Å². The number of halogens is 1. The zero-order valence-corrected chi connectivity index (χ0v) is 13.5. The number of carbonyl (C=O) groups is 1. The molecule has 1 N–H and O–H groups in total. The number of rotatable bonds is 3. The minimum absolute atomic E-state index is 0. The third-order valence-corrected chi connectivity index (χ3v) is 4.79. The van der Waals surface area contributed by atoms with Crippen molar-refractivity contribution in [2.24, 2.45) is 0 Å². The molecule has 19 heavy (non-hydrogen) atoms. The average Bonchev–Trinajstić information content (AvgIpc) is 2.75. The van der Waals surface area contributed by atoms with Gasteiger partial charge in [0, 0.05) is 11.9 Å². The summed E-state index contributed by atoms with van der Waals surface area (Å²) in [5.74, 6) is 0.218. The van der Waals surface area contributed by atoms with Gasteiger partial charge in [-0.1, -0.05) is 0 Å². The summed E-state index contributed by atoms with van der Waals surface area (Å²) in [5, 5.41) is 5.47. The average molecular weight is 303 g/mol. The topological polar surface area (TPSA) is 32.3 Å². The Morgan fingerprint density at radius 3 is 2.79 bits per heavy atom. The number of likely N-dealkylation sites (N-methyl/N-ethyl adjacent to an activating group) is 1. The van der Waals surface area contributed by atoms with Crippen LogP contribution in [0.1, 0.15) is 36.6 Å². The van der Waals surface area contributed by atoms with Crippen LogP contribution >= 0.6 is 23.7 Å². The molecular weight excluding hydrogens is 280 g/mol. The number of nitrogens with one attached hydrogen (secondary N) is 1. The Balaban J connectivity index is 0.00000180. The lowest BCUT2D eigenvalue weighted by Gasteiger charge is -2.36. The van der Waals surface area contributed by atoms with Crippen LogP contribution in [-0.2, 0) is 11.3 Å². The Morgan fingerprint density at radius 1 is 1.53 bits per heavy atom. The summed E-state index contributed by atoms with van der Waals surface area (Å²) in [5.41, 5.74) is 0.916. The maximum atomic E-state index is 12.5. The second-order valence-corrected chi connectivity index (χ2v) is 6.40. The molecule has 0 aliphatic carbocycles. The van der Waals surface area contributed by atoms with E-state index in [2.05, 4.69) is 23.7 Å². The fourth-order valence-corrected chi connectivity index (χ4v) is 3.47. The van der Waals surface area contributed by atoms with E-state index in [4.69, 9.17) is 0 Å². The molecule has 1 aliphatic heterocycles. The van der Waals surface area contributed by atoms with Gasteiger partial charge in [-0.15, -0.1) is 23.7 Å². The number of amides is 1. The molecule has 2 rings (SSSR count). The van der Waals surface area contributed by atoms with Crippen LogP contribution in [0, 0.1) is 6.92 Å². The van der Waals surface area contributed by atoms with Gasteiger partial charge in [0.1, 0.15) is 0 Å². The largest absolute Gasteiger partial charge is 0.339 e. The van der Waals surface area contributed by atoms with Crippen LogP contribution in [0.25, 0.3) is 0 Å². The first-order valence-electron chi connectivity index (χ1n) is 6.56. The highest BCUT2D eigenvalue weighted by atomic mass is 35.5. The molecule has 1 fully saturated rings. The fourth-order valence-electron chi connectivity index (χ4n) is 2.51. The van der Waals surface area contributed by atoms with Gasteiger partial charge < -0.3 is 10.2 Å². The van der Waals surface area contributed by atoms with Crippen LogP contribution in [0.15, 0.2) is 11.4 Å². The van der Waals surface area contributed by atoms with Crippen molar-refractivity contribution in [3.05, 3.63) is 21.9 Å². The first kappa shape index (κ1) is 16.5. The van der Waals surface area contributed by atoms with Crippen LogP contribution in [0.5, 0.6) is 0 Å². The monoisotopic (exact) mass is 302 g/mol. The predicted octanol–water partition coefficient (Wildman–Crippen LogP) is 2.97. The number of carbonyl (C=O) groups excluding carboxylic acids is 1. The summed E-state index contributed by atoms with van der Waals surface area (Å²) in [7, 11) is 1.91. The minimum atomic E-state index is -0.363. The number of hydrogen-bond acceptors (Lipinski definition) is 3. The number of nitrogens with zero attached hydrogens (tertiary/aromatic N) is 1. The fraction of sp³-hybridized carbons (Fsp3) is 0.643. The van der Waals surface area contributed by atoms with E-state index >= 15 is 0 Å². The zero-order chi connectivity index (χ0) is 13.2. The van der Waals surface area contributed by atoms with Crippen LogP contribution in [0.2, 0.25) is 0 Å². The molecule has 1 aliphatic rings. The van der Waals surface area contributed by atoms with Gasteiger partial charge in [0.05, 0.1) is 12.1 Å². The Kier molecular flexibility index (Phi) is 5.83. The molecule has 5 heteroatoms. The van der Waals surface area contributed by atoms with Crippen molar-refractivity contribution >= 4 is 29.7 Å². The summed E-state index contributed by atoms with van der Waals surface area (Å²) < 4.78 is 0. The molecule has 0 saturated carbocycles. The molecule has 0 bridgehead atoms. The van der Waals surface area contributed by atoms with Gasteiger partial charge in [-0.2, -0.15) is 0 Å². The van der Waals surface area contributed by atoms with E-state index in [9.17, 15) is 4.79 Å². The summed E-state index contributed by atoms with van der Waals surface area (Å²) in [6, 6.07) is 2.11. The number of hydrogen-bond donors (Lipinski definition) is 1.